The number of hydrogen-bond acceptors (Lipinski definition) is 8. The maximum absolute atomic E-state index is 10.1. The van der Waals surface area contributed by atoms with Crippen LogP contribution < -0.4 is 15.2 Å². The van der Waals surface area contributed by atoms with Gasteiger partial charge in [-0.3, -0.25) is 0 Å². The van der Waals surface area contributed by atoms with Crippen molar-refractivity contribution in [3.8, 4) is 23.6 Å². The molecule has 2 rings (SSSR count). The second kappa shape index (κ2) is 17.9. The van der Waals surface area contributed by atoms with E-state index in [2.05, 4.69) is 49.9 Å². The van der Waals surface area contributed by atoms with Crippen molar-refractivity contribution in [1.29, 1.82) is 10.5 Å². The van der Waals surface area contributed by atoms with Gasteiger partial charge in [-0.25, -0.2) is 0 Å². The summed E-state index contributed by atoms with van der Waals surface area (Å²) < 4.78 is 12.3. The first-order valence-corrected chi connectivity index (χ1v) is 14.9. The van der Waals surface area contributed by atoms with Crippen molar-refractivity contribution in [2.75, 3.05) is 59.2 Å². The Labute approximate surface area is 243 Å². The average Bonchev–Trinajstić information content (AvgIpc) is 2.94. The Balaban J connectivity index is 2.35. The third-order valence-corrected chi connectivity index (χ3v) is 7.97. The Morgan fingerprint density at radius 1 is 0.821 bits per heavy atom. The number of anilines is 1. The molecule has 7 nitrogen and oxygen atoms in total. The van der Waals surface area contributed by atoms with Crippen molar-refractivity contribution in [2.24, 2.45) is 0 Å². The van der Waals surface area contributed by atoms with Gasteiger partial charge in [-0.05, 0) is 65.0 Å². The minimum Gasteiger partial charge on any atom is -0.491 e. The van der Waals surface area contributed by atoms with E-state index < -0.39 is 0 Å². The smallest absolute Gasteiger partial charge is 0.158 e. The molecule has 2 aromatic rings. The van der Waals surface area contributed by atoms with Gasteiger partial charge >= 0.3 is 0 Å². The first-order chi connectivity index (χ1) is 18.9. The van der Waals surface area contributed by atoms with E-state index >= 15 is 0 Å². The van der Waals surface area contributed by atoms with E-state index in [0.29, 0.717) is 29.5 Å². The second-order valence-electron chi connectivity index (χ2n) is 9.63. The van der Waals surface area contributed by atoms with E-state index in [1.165, 1.54) is 11.8 Å². The first-order valence-electron chi connectivity index (χ1n) is 13.7. The minimum absolute atomic E-state index is 0.0993. The Hall–Kier alpha value is -2.62. The summed E-state index contributed by atoms with van der Waals surface area (Å²) in [6.07, 6.45) is 6.12. The fraction of sp³-hybridized carbons (Fsp3) is 0.533. The van der Waals surface area contributed by atoms with E-state index in [1.807, 2.05) is 24.3 Å². The summed E-state index contributed by atoms with van der Waals surface area (Å²) in [6, 6.07) is 11.8. The van der Waals surface area contributed by atoms with Crippen molar-refractivity contribution >= 4 is 29.1 Å². The number of hydrogen-bond donors (Lipinski definition) is 1. The van der Waals surface area contributed by atoms with Crippen LogP contribution in [0.2, 0.25) is 5.02 Å². The van der Waals surface area contributed by atoms with Crippen molar-refractivity contribution in [2.45, 2.75) is 62.2 Å². The van der Waals surface area contributed by atoms with Crippen LogP contribution in [0.5, 0.6) is 11.5 Å². The van der Waals surface area contributed by atoms with Crippen molar-refractivity contribution < 1.29 is 9.47 Å². The Morgan fingerprint density at radius 2 is 1.31 bits per heavy atom. The number of halogens is 1. The predicted octanol–water partition coefficient (Wildman–Crippen LogP) is 6.82. The molecule has 2 aromatic carbocycles. The van der Waals surface area contributed by atoms with E-state index in [4.69, 9.17) is 26.8 Å². The van der Waals surface area contributed by atoms with Crippen LogP contribution in [0.1, 0.15) is 63.5 Å². The standard InChI is InChI=1S/C30H42ClN5O2S/c1-5-7-15-35(3)17-11-19-37-28-23(21-32)24(22-33)29(38-20-12-18-36(4)16-8-6-2)30(27(28)31)39-26-14-10-9-13-25(26)34/h9-10,13-14H,5-8,11-12,15-20,34H2,1-4H3. The number of ether oxygens (including phenoxy) is 2. The van der Waals surface area contributed by atoms with E-state index in [1.54, 1.807) is 0 Å². The van der Waals surface area contributed by atoms with Gasteiger partial charge in [-0.1, -0.05) is 62.2 Å². The molecule has 0 radical (unpaired) electrons. The molecule has 0 aromatic heterocycles. The van der Waals surface area contributed by atoms with Gasteiger partial charge in [0, 0.05) is 23.7 Å². The summed E-state index contributed by atoms with van der Waals surface area (Å²) in [4.78, 5) is 5.83. The zero-order chi connectivity index (χ0) is 28.6. The third kappa shape index (κ3) is 10.1. The number of benzene rings is 2. The lowest BCUT2D eigenvalue weighted by atomic mass is 10.1. The molecule has 0 aliphatic heterocycles. The quantitative estimate of drug-likeness (QED) is 0.154. The third-order valence-electron chi connectivity index (χ3n) is 6.31. The molecule has 0 amide bonds. The maximum atomic E-state index is 10.1. The van der Waals surface area contributed by atoms with Crippen LogP contribution in [0, 0.1) is 22.7 Å². The fourth-order valence-electron chi connectivity index (χ4n) is 4.01. The molecule has 0 saturated carbocycles. The lowest BCUT2D eigenvalue weighted by Gasteiger charge is -2.21. The number of nitrogen functional groups attached to an aromatic ring is 1. The molecule has 0 bridgehead atoms. The average molecular weight is 572 g/mol. The van der Waals surface area contributed by atoms with Gasteiger partial charge in [0.1, 0.15) is 28.3 Å². The molecule has 9 heteroatoms. The number of nitrogens with two attached hydrogens (primary N) is 1. The summed E-state index contributed by atoms with van der Waals surface area (Å²) in [5.41, 5.74) is 7.04. The predicted molar refractivity (Wildman–Crippen MR) is 161 cm³/mol. The zero-order valence-electron chi connectivity index (χ0n) is 23.8. The summed E-state index contributed by atoms with van der Waals surface area (Å²) in [7, 11) is 4.18. The lowest BCUT2D eigenvalue weighted by molar-refractivity contribution is 0.252. The highest BCUT2D eigenvalue weighted by Crippen LogP contribution is 2.49. The van der Waals surface area contributed by atoms with Gasteiger partial charge in [-0.2, -0.15) is 10.5 Å². The SMILES string of the molecule is CCCCN(C)CCCOc1c(Cl)c(Sc2ccccc2N)c(OCCCN(C)CCCC)c(C#N)c1C#N. The summed E-state index contributed by atoms with van der Waals surface area (Å²) in [6.45, 7) is 8.88. The minimum atomic E-state index is 0.0993. The zero-order valence-corrected chi connectivity index (χ0v) is 25.3. The van der Waals surface area contributed by atoms with Gasteiger partial charge < -0.3 is 25.0 Å². The molecule has 0 saturated heterocycles. The van der Waals surface area contributed by atoms with Crippen LogP contribution in [0.25, 0.3) is 0 Å². The molecule has 212 valence electrons. The molecule has 2 N–H and O–H groups in total. The van der Waals surface area contributed by atoms with Gasteiger partial charge in [0.25, 0.3) is 0 Å². The number of unbranched alkanes of at least 4 members (excludes halogenated alkanes) is 2. The highest BCUT2D eigenvalue weighted by molar-refractivity contribution is 7.99. The molecule has 0 fully saturated rings. The highest BCUT2D eigenvalue weighted by atomic mass is 35.5. The largest absolute Gasteiger partial charge is 0.491 e. The molecule has 39 heavy (non-hydrogen) atoms. The van der Waals surface area contributed by atoms with Crippen LogP contribution in [0.3, 0.4) is 0 Å². The molecule has 0 aliphatic carbocycles. The molecular weight excluding hydrogens is 530 g/mol. The van der Waals surface area contributed by atoms with E-state index in [9.17, 15) is 10.5 Å². The first kappa shape index (κ1) is 32.6. The van der Waals surface area contributed by atoms with E-state index in [0.717, 1.165) is 69.6 Å². The van der Waals surface area contributed by atoms with Crippen LogP contribution in [-0.4, -0.2) is 63.3 Å². The van der Waals surface area contributed by atoms with Crippen LogP contribution in [-0.2, 0) is 0 Å². The summed E-state index contributed by atoms with van der Waals surface area (Å²) >= 11 is 8.23. The summed E-state index contributed by atoms with van der Waals surface area (Å²) in [5.74, 6) is 0.519. The lowest BCUT2D eigenvalue weighted by Crippen LogP contribution is -2.22. The van der Waals surface area contributed by atoms with Gasteiger partial charge in [0.2, 0.25) is 0 Å². The van der Waals surface area contributed by atoms with E-state index in [-0.39, 0.29) is 21.9 Å². The summed E-state index contributed by atoms with van der Waals surface area (Å²) in [5, 5.41) is 20.4. The van der Waals surface area contributed by atoms with Crippen LogP contribution in [0.4, 0.5) is 5.69 Å². The van der Waals surface area contributed by atoms with Gasteiger partial charge in [-0.15, -0.1) is 0 Å². The number of rotatable bonds is 18. The van der Waals surface area contributed by atoms with Gasteiger partial charge in [0.05, 0.1) is 18.1 Å². The monoisotopic (exact) mass is 571 g/mol. The van der Waals surface area contributed by atoms with Crippen LogP contribution in [0.15, 0.2) is 34.1 Å². The molecule has 0 heterocycles. The number of para-hydroxylation sites is 1. The molecule has 0 unspecified atom stereocenters. The van der Waals surface area contributed by atoms with Crippen LogP contribution >= 0.6 is 23.4 Å². The van der Waals surface area contributed by atoms with Crippen molar-refractivity contribution in [3.05, 3.63) is 40.4 Å². The molecular formula is C30H42ClN5O2S. The highest BCUT2D eigenvalue weighted by Gasteiger charge is 2.27. The fourth-order valence-corrected chi connectivity index (χ4v) is 5.35. The van der Waals surface area contributed by atoms with Crippen molar-refractivity contribution in [3.63, 3.8) is 0 Å². The number of nitrogens with zero attached hydrogens (tertiary/aromatic N) is 4. The van der Waals surface area contributed by atoms with Crippen molar-refractivity contribution in [1.82, 2.24) is 9.80 Å². The normalized spacial score (nSPS) is 11.0. The maximum Gasteiger partial charge on any atom is 0.158 e. The Bertz CT molecular complexity index is 1130. The number of nitriles is 2. The molecule has 0 aliphatic rings. The topological polar surface area (TPSA) is 98.5 Å². The second-order valence-corrected chi connectivity index (χ2v) is 11.1. The van der Waals surface area contributed by atoms with Gasteiger partial charge in [0.15, 0.2) is 11.5 Å². The molecule has 0 atom stereocenters. The molecule has 0 spiro atoms. The Kier molecular flexibility index (Phi) is 14.9. The Morgan fingerprint density at radius 3 is 1.82 bits per heavy atom.